The quantitative estimate of drug-likeness (QED) is 0.449. The van der Waals surface area contributed by atoms with E-state index in [2.05, 4.69) is 25.2 Å². The molecule has 38 heavy (non-hydrogen) atoms. The molecule has 4 heterocycles. The van der Waals surface area contributed by atoms with Gasteiger partial charge < -0.3 is 19.9 Å². The molecule has 2 saturated heterocycles. The Hall–Kier alpha value is -3.77. The molecule has 12 nitrogen and oxygen atoms in total. The number of benzene rings is 1. The van der Waals surface area contributed by atoms with Crippen molar-refractivity contribution < 1.29 is 19.0 Å². The van der Waals surface area contributed by atoms with Gasteiger partial charge in [-0.1, -0.05) is 0 Å². The summed E-state index contributed by atoms with van der Waals surface area (Å²) in [7, 11) is 1.51. The summed E-state index contributed by atoms with van der Waals surface area (Å²) < 4.78 is 18.8. The van der Waals surface area contributed by atoms with Crippen molar-refractivity contribution in [3.05, 3.63) is 40.4 Å². The SMILES string of the molecule is CCn1c(NC(=O)c2cnc(N)nc2)nc2c(OC)c(OCCN3CCC4(CCOC4)CC3)ccc2c1=O. The maximum absolute atomic E-state index is 13.3. The molecule has 12 heteroatoms. The Bertz CT molecular complexity index is 1360. The lowest BCUT2D eigenvalue weighted by Gasteiger charge is -2.38. The van der Waals surface area contributed by atoms with Crippen molar-refractivity contribution in [2.45, 2.75) is 32.7 Å². The first-order valence-electron chi connectivity index (χ1n) is 12.9. The van der Waals surface area contributed by atoms with E-state index in [0.717, 1.165) is 52.1 Å². The van der Waals surface area contributed by atoms with Gasteiger partial charge in [0.1, 0.15) is 12.1 Å². The molecule has 5 rings (SSSR count). The Morgan fingerprint density at radius 1 is 1.21 bits per heavy atom. The van der Waals surface area contributed by atoms with Crippen molar-refractivity contribution in [1.29, 1.82) is 0 Å². The van der Waals surface area contributed by atoms with Crippen molar-refractivity contribution in [1.82, 2.24) is 24.4 Å². The van der Waals surface area contributed by atoms with Gasteiger partial charge in [-0.25, -0.2) is 15.0 Å². The summed E-state index contributed by atoms with van der Waals surface area (Å²) in [5.41, 5.74) is 6.07. The van der Waals surface area contributed by atoms with Crippen LogP contribution in [0.25, 0.3) is 10.9 Å². The number of likely N-dealkylation sites (tertiary alicyclic amines) is 1. The molecule has 2 aliphatic rings. The minimum Gasteiger partial charge on any atom is -0.491 e. The number of anilines is 2. The molecule has 2 aromatic heterocycles. The molecule has 1 aromatic carbocycles. The molecule has 0 atom stereocenters. The van der Waals surface area contributed by atoms with Crippen molar-refractivity contribution >= 4 is 28.7 Å². The summed E-state index contributed by atoms with van der Waals surface area (Å²) in [6, 6.07) is 3.41. The fourth-order valence-electron chi connectivity index (χ4n) is 5.15. The molecule has 1 spiro atoms. The number of aromatic nitrogens is 4. The maximum Gasteiger partial charge on any atom is 0.262 e. The number of piperidine rings is 1. The van der Waals surface area contributed by atoms with Crippen LogP contribution in [0, 0.1) is 5.41 Å². The maximum atomic E-state index is 13.3. The predicted octanol–water partition coefficient (Wildman–Crippen LogP) is 1.93. The Balaban J connectivity index is 1.34. The molecule has 3 aromatic rings. The van der Waals surface area contributed by atoms with E-state index in [1.165, 1.54) is 24.1 Å². The highest BCUT2D eigenvalue weighted by molar-refractivity contribution is 6.03. The first-order chi connectivity index (χ1) is 18.4. The number of nitrogen functional groups attached to an aromatic ring is 1. The lowest BCUT2D eigenvalue weighted by molar-refractivity contribution is 0.0735. The first kappa shape index (κ1) is 25.9. The monoisotopic (exact) mass is 523 g/mol. The molecule has 0 radical (unpaired) electrons. The standard InChI is InChI=1S/C26H33N7O5/c1-3-33-23(35)18-4-5-19(38-13-11-32-9-6-26(7-10-32)8-12-37-16-26)21(36-2)20(18)30-25(33)31-22(34)17-14-28-24(27)29-15-17/h4-5,14-15H,3,6-13,16H2,1-2H3,(H2,27,28,29)(H,30,31,34). The van der Waals surface area contributed by atoms with Crippen LogP contribution in [-0.4, -0.2) is 76.9 Å². The van der Waals surface area contributed by atoms with E-state index in [0.29, 0.717) is 41.0 Å². The minimum absolute atomic E-state index is 0.0562. The van der Waals surface area contributed by atoms with Gasteiger partial charge in [-0.2, -0.15) is 0 Å². The van der Waals surface area contributed by atoms with E-state index in [1.807, 2.05) is 0 Å². The molecule has 0 bridgehead atoms. The van der Waals surface area contributed by atoms with Crippen molar-refractivity contribution in [3.8, 4) is 11.5 Å². The molecule has 2 fully saturated rings. The normalized spacial score (nSPS) is 17.1. The fourth-order valence-corrected chi connectivity index (χ4v) is 5.15. The summed E-state index contributed by atoms with van der Waals surface area (Å²) in [4.78, 5) is 40.7. The van der Waals surface area contributed by atoms with Crippen LogP contribution in [0.4, 0.5) is 11.9 Å². The average Bonchev–Trinajstić information content (AvgIpc) is 3.38. The summed E-state index contributed by atoms with van der Waals surface area (Å²) in [5.74, 6) is 0.455. The van der Waals surface area contributed by atoms with Crippen LogP contribution in [0.1, 0.15) is 36.5 Å². The van der Waals surface area contributed by atoms with Crippen molar-refractivity contribution in [3.63, 3.8) is 0 Å². The topological polar surface area (TPSA) is 147 Å². The third kappa shape index (κ3) is 5.14. The van der Waals surface area contributed by atoms with E-state index in [4.69, 9.17) is 19.9 Å². The van der Waals surface area contributed by atoms with Crippen LogP contribution >= 0.6 is 0 Å². The van der Waals surface area contributed by atoms with Crippen LogP contribution in [0.5, 0.6) is 11.5 Å². The smallest absolute Gasteiger partial charge is 0.262 e. The Morgan fingerprint density at radius 3 is 2.63 bits per heavy atom. The zero-order chi connectivity index (χ0) is 26.7. The second kappa shape index (κ2) is 10.9. The number of rotatable bonds is 8. The fraction of sp³-hybridized carbons (Fsp3) is 0.500. The van der Waals surface area contributed by atoms with Crippen LogP contribution in [0.3, 0.4) is 0 Å². The molecular formula is C26H33N7O5. The molecule has 3 N–H and O–H groups in total. The zero-order valence-electron chi connectivity index (χ0n) is 21.7. The van der Waals surface area contributed by atoms with Gasteiger partial charge in [0.15, 0.2) is 11.5 Å². The summed E-state index contributed by atoms with van der Waals surface area (Å²) in [6.07, 6.45) is 6.08. The Morgan fingerprint density at radius 2 is 1.97 bits per heavy atom. The predicted molar refractivity (Wildman–Crippen MR) is 142 cm³/mol. The molecule has 2 aliphatic heterocycles. The summed E-state index contributed by atoms with van der Waals surface area (Å²) in [5, 5.41) is 3.05. The van der Waals surface area contributed by atoms with E-state index < -0.39 is 5.91 Å². The van der Waals surface area contributed by atoms with E-state index in [9.17, 15) is 9.59 Å². The molecule has 0 saturated carbocycles. The number of nitrogens with zero attached hydrogens (tertiary/aromatic N) is 5. The van der Waals surface area contributed by atoms with Crippen LogP contribution < -0.4 is 26.1 Å². The highest BCUT2D eigenvalue weighted by Gasteiger charge is 2.37. The van der Waals surface area contributed by atoms with Gasteiger partial charge in [0.2, 0.25) is 11.9 Å². The van der Waals surface area contributed by atoms with E-state index in [1.54, 1.807) is 19.1 Å². The van der Waals surface area contributed by atoms with Crippen molar-refractivity contribution in [2.24, 2.45) is 5.41 Å². The number of hydrogen-bond acceptors (Lipinski definition) is 10. The average molecular weight is 524 g/mol. The second-order valence-electron chi connectivity index (χ2n) is 9.75. The van der Waals surface area contributed by atoms with Crippen LogP contribution in [-0.2, 0) is 11.3 Å². The van der Waals surface area contributed by atoms with Gasteiger partial charge in [-0.3, -0.25) is 24.4 Å². The first-order valence-corrected chi connectivity index (χ1v) is 12.9. The zero-order valence-corrected chi connectivity index (χ0v) is 21.7. The van der Waals surface area contributed by atoms with Gasteiger partial charge in [0, 0.05) is 32.1 Å². The highest BCUT2D eigenvalue weighted by Crippen LogP contribution is 2.39. The van der Waals surface area contributed by atoms with E-state index >= 15 is 0 Å². The largest absolute Gasteiger partial charge is 0.491 e. The van der Waals surface area contributed by atoms with Gasteiger partial charge in [-0.05, 0) is 56.8 Å². The number of methoxy groups -OCH3 is 1. The van der Waals surface area contributed by atoms with Gasteiger partial charge in [0.05, 0.1) is 24.7 Å². The highest BCUT2D eigenvalue weighted by atomic mass is 16.5. The third-order valence-corrected chi connectivity index (χ3v) is 7.49. The number of amides is 1. The number of nitrogens with two attached hydrogens (primary N) is 1. The van der Waals surface area contributed by atoms with Crippen LogP contribution in [0.2, 0.25) is 0 Å². The lowest BCUT2D eigenvalue weighted by atomic mass is 9.78. The van der Waals surface area contributed by atoms with Crippen molar-refractivity contribution in [2.75, 3.05) is 57.6 Å². The number of ether oxygens (including phenoxy) is 3. The van der Waals surface area contributed by atoms with Crippen LogP contribution in [0.15, 0.2) is 29.3 Å². The number of nitrogens with one attached hydrogen (secondary N) is 1. The molecule has 0 unspecified atom stereocenters. The number of carbonyl (C=O) groups is 1. The van der Waals surface area contributed by atoms with Gasteiger partial charge >= 0.3 is 0 Å². The molecule has 1 amide bonds. The minimum atomic E-state index is -0.516. The third-order valence-electron chi connectivity index (χ3n) is 7.49. The summed E-state index contributed by atoms with van der Waals surface area (Å²) in [6.45, 7) is 7.18. The lowest BCUT2D eigenvalue weighted by Crippen LogP contribution is -2.42. The Kier molecular flexibility index (Phi) is 7.43. The molecule has 0 aliphatic carbocycles. The van der Waals surface area contributed by atoms with Gasteiger partial charge in [-0.15, -0.1) is 0 Å². The Labute approximate surface area is 220 Å². The molecular weight excluding hydrogens is 490 g/mol. The molecule has 202 valence electrons. The van der Waals surface area contributed by atoms with Gasteiger partial charge in [0.25, 0.3) is 11.5 Å². The summed E-state index contributed by atoms with van der Waals surface area (Å²) >= 11 is 0. The second-order valence-corrected chi connectivity index (χ2v) is 9.75. The number of fused-ring (bicyclic) bond motifs is 1. The van der Waals surface area contributed by atoms with E-state index in [-0.39, 0.29) is 23.0 Å². The number of hydrogen-bond donors (Lipinski definition) is 2. The number of carbonyl (C=O) groups excluding carboxylic acids is 1.